The number of hydrogen-bond acceptors (Lipinski definition) is 6. The number of aliphatic hydroxyl groups excluding tert-OH is 1. The Hall–Kier alpha value is -1.92. The van der Waals surface area contributed by atoms with Crippen LogP contribution in [0.1, 0.15) is 18.7 Å². The Balaban J connectivity index is 1.56. The van der Waals surface area contributed by atoms with Gasteiger partial charge in [-0.3, -0.25) is 9.69 Å². The number of aromatic nitrogens is 1. The summed E-state index contributed by atoms with van der Waals surface area (Å²) in [6, 6.07) is 7.33. The van der Waals surface area contributed by atoms with Gasteiger partial charge in [-0.1, -0.05) is 12.1 Å². The number of oxazole rings is 1. The smallest absolute Gasteiger partial charge is 0.323 e. The van der Waals surface area contributed by atoms with Crippen LogP contribution in [0, 0.1) is 0 Å². The summed E-state index contributed by atoms with van der Waals surface area (Å²) in [5.74, 6) is 0.425. The zero-order chi connectivity index (χ0) is 15.5. The van der Waals surface area contributed by atoms with E-state index in [0.29, 0.717) is 31.8 Å². The van der Waals surface area contributed by atoms with Crippen molar-refractivity contribution in [2.24, 2.45) is 0 Å². The molecule has 0 saturated carbocycles. The minimum atomic E-state index is -0.464. The number of carbonyl (C=O) groups excluding carboxylic acids is 1. The number of carbonyl (C=O) groups is 1. The number of para-hydroxylation sites is 2. The van der Waals surface area contributed by atoms with Crippen molar-refractivity contribution < 1.29 is 19.1 Å². The van der Waals surface area contributed by atoms with Gasteiger partial charge in [0.05, 0.1) is 13.2 Å². The second kappa shape index (κ2) is 6.46. The molecule has 1 fully saturated rings. The molecule has 0 amide bonds. The van der Waals surface area contributed by atoms with Crippen LogP contribution in [0.5, 0.6) is 0 Å². The van der Waals surface area contributed by atoms with Crippen LogP contribution >= 0.6 is 0 Å². The fraction of sp³-hybridized carbons (Fsp3) is 0.500. The first-order chi connectivity index (χ1) is 10.7. The molecule has 1 N–H and O–H groups in total. The van der Waals surface area contributed by atoms with Crippen molar-refractivity contribution in [1.29, 1.82) is 0 Å². The van der Waals surface area contributed by atoms with E-state index in [-0.39, 0.29) is 12.0 Å². The maximum absolute atomic E-state index is 11.7. The van der Waals surface area contributed by atoms with Gasteiger partial charge in [0.2, 0.25) is 0 Å². The quantitative estimate of drug-likeness (QED) is 0.841. The maximum Gasteiger partial charge on any atom is 0.323 e. The summed E-state index contributed by atoms with van der Waals surface area (Å²) in [5, 5.41) is 9.75. The van der Waals surface area contributed by atoms with E-state index in [1.807, 2.05) is 29.2 Å². The number of nitrogens with zero attached hydrogens (tertiary/aromatic N) is 2. The van der Waals surface area contributed by atoms with E-state index in [1.165, 1.54) is 7.11 Å². The SMILES string of the molecule is COC(=O)[C@@H]1C[C@@H](O)CN1CCCc1nc2ccccc2o1. The molecule has 0 bridgehead atoms. The summed E-state index contributed by atoms with van der Waals surface area (Å²) < 4.78 is 10.5. The highest BCUT2D eigenvalue weighted by atomic mass is 16.5. The van der Waals surface area contributed by atoms with Crippen LogP contribution in [0.3, 0.4) is 0 Å². The molecule has 2 heterocycles. The molecule has 1 aromatic carbocycles. The van der Waals surface area contributed by atoms with Gasteiger partial charge in [-0.25, -0.2) is 4.98 Å². The van der Waals surface area contributed by atoms with Crippen molar-refractivity contribution in [3.05, 3.63) is 30.2 Å². The molecule has 0 aliphatic carbocycles. The summed E-state index contributed by atoms with van der Waals surface area (Å²) in [6.07, 6.45) is 1.49. The number of esters is 1. The molecule has 22 heavy (non-hydrogen) atoms. The van der Waals surface area contributed by atoms with Gasteiger partial charge in [0, 0.05) is 19.4 Å². The standard InChI is InChI=1S/C16H20N2O4/c1-21-16(20)13-9-11(19)10-18(13)8-4-7-15-17-12-5-2-3-6-14(12)22-15/h2-3,5-6,11,13,19H,4,7-10H2,1H3/t11-,13+/m1/s1. The van der Waals surface area contributed by atoms with Crippen molar-refractivity contribution in [2.75, 3.05) is 20.2 Å². The summed E-state index contributed by atoms with van der Waals surface area (Å²) in [4.78, 5) is 18.1. The molecule has 0 unspecified atom stereocenters. The Labute approximate surface area is 128 Å². The molecular formula is C16H20N2O4. The van der Waals surface area contributed by atoms with E-state index in [1.54, 1.807) is 0 Å². The predicted octanol–water partition coefficient (Wildman–Crippen LogP) is 1.37. The summed E-state index contributed by atoms with van der Waals surface area (Å²) in [7, 11) is 1.38. The average Bonchev–Trinajstić information content (AvgIpc) is 3.09. The van der Waals surface area contributed by atoms with Gasteiger partial charge >= 0.3 is 5.97 Å². The Morgan fingerprint density at radius 3 is 3.09 bits per heavy atom. The number of benzene rings is 1. The number of aliphatic hydroxyl groups is 1. The highest BCUT2D eigenvalue weighted by Crippen LogP contribution is 2.20. The first-order valence-electron chi connectivity index (χ1n) is 7.52. The Kier molecular flexibility index (Phi) is 4.40. The third-order valence-corrected chi connectivity index (χ3v) is 4.03. The van der Waals surface area contributed by atoms with Gasteiger partial charge in [-0.2, -0.15) is 0 Å². The van der Waals surface area contributed by atoms with Gasteiger partial charge in [0.1, 0.15) is 11.6 Å². The number of methoxy groups -OCH3 is 1. The lowest BCUT2D eigenvalue weighted by atomic mass is 10.2. The van der Waals surface area contributed by atoms with Gasteiger partial charge in [-0.05, 0) is 25.1 Å². The molecule has 1 aliphatic rings. The third-order valence-electron chi connectivity index (χ3n) is 4.03. The lowest BCUT2D eigenvalue weighted by Crippen LogP contribution is -2.37. The number of hydrogen-bond donors (Lipinski definition) is 1. The van der Waals surface area contributed by atoms with E-state index in [9.17, 15) is 9.90 Å². The molecule has 6 nitrogen and oxygen atoms in total. The van der Waals surface area contributed by atoms with Crippen LogP contribution in [0.2, 0.25) is 0 Å². The molecule has 2 aromatic rings. The highest BCUT2D eigenvalue weighted by molar-refractivity contribution is 5.76. The molecule has 3 rings (SSSR count). The number of fused-ring (bicyclic) bond motifs is 1. The van der Waals surface area contributed by atoms with Crippen LogP contribution in [0.4, 0.5) is 0 Å². The zero-order valence-electron chi connectivity index (χ0n) is 12.6. The molecule has 118 valence electrons. The lowest BCUT2D eigenvalue weighted by molar-refractivity contribution is -0.145. The second-order valence-corrected chi connectivity index (χ2v) is 5.60. The summed E-state index contributed by atoms with van der Waals surface area (Å²) in [6.45, 7) is 1.21. The van der Waals surface area contributed by atoms with Crippen LogP contribution < -0.4 is 0 Å². The maximum atomic E-state index is 11.7. The second-order valence-electron chi connectivity index (χ2n) is 5.60. The first kappa shape index (κ1) is 15.0. The molecule has 1 aliphatic heterocycles. The van der Waals surface area contributed by atoms with Gasteiger partial charge < -0.3 is 14.3 Å². The van der Waals surface area contributed by atoms with Crippen LogP contribution in [0.15, 0.2) is 28.7 Å². The average molecular weight is 304 g/mol. The van der Waals surface area contributed by atoms with E-state index in [2.05, 4.69) is 4.98 Å². The molecule has 2 atom stereocenters. The number of rotatable bonds is 5. The normalized spacial score (nSPS) is 22.3. The Bertz CT molecular complexity index is 621. The Morgan fingerprint density at radius 1 is 1.50 bits per heavy atom. The largest absolute Gasteiger partial charge is 0.468 e. The molecule has 0 radical (unpaired) electrons. The molecule has 0 spiro atoms. The van der Waals surface area contributed by atoms with E-state index >= 15 is 0 Å². The van der Waals surface area contributed by atoms with Crippen LogP contribution in [-0.2, 0) is 16.0 Å². The number of β-amino-alcohol motifs (C(OH)–C–C–N with tert-alkyl or cyclic N) is 1. The first-order valence-corrected chi connectivity index (χ1v) is 7.52. The molecular weight excluding hydrogens is 284 g/mol. The molecule has 1 aromatic heterocycles. The fourth-order valence-electron chi connectivity index (χ4n) is 2.97. The van der Waals surface area contributed by atoms with E-state index < -0.39 is 6.10 Å². The van der Waals surface area contributed by atoms with Crippen molar-refractivity contribution in [3.63, 3.8) is 0 Å². The minimum absolute atomic E-state index is 0.279. The zero-order valence-corrected chi connectivity index (χ0v) is 12.6. The summed E-state index contributed by atoms with van der Waals surface area (Å²) >= 11 is 0. The van der Waals surface area contributed by atoms with Gasteiger partial charge in [0.25, 0.3) is 0 Å². The van der Waals surface area contributed by atoms with Crippen molar-refractivity contribution in [2.45, 2.75) is 31.4 Å². The van der Waals surface area contributed by atoms with Crippen LogP contribution in [-0.4, -0.2) is 53.3 Å². The molecule has 6 heteroatoms. The van der Waals surface area contributed by atoms with Gasteiger partial charge in [0.15, 0.2) is 11.5 Å². The fourth-order valence-corrected chi connectivity index (χ4v) is 2.97. The van der Waals surface area contributed by atoms with Gasteiger partial charge in [-0.15, -0.1) is 0 Å². The van der Waals surface area contributed by atoms with Crippen molar-refractivity contribution in [1.82, 2.24) is 9.88 Å². The van der Waals surface area contributed by atoms with E-state index in [4.69, 9.17) is 9.15 Å². The summed E-state index contributed by atoms with van der Waals surface area (Å²) in [5.41, 5.74) is 1.66. The van der Waals surface area contributed by atoms with Crippen LogP contribution in [0.25, 0.3) is 11.1 Å². The highest BCUT2D eigenvalue weighted by Gasteiger charge is 2.36. The number of ether oxygens (including phenoxy) is 1. The molecule has 1 saturated heterocycles. The predicted molar refractivity (Wildman–Crippen MR) is 80.3 cm³/mol. The van der Waals surface area contributed by atoms with Crippen molar-refractivity contribution in [3.8, 4) is 0 Å². The number of aryl methyl sites for hydroxylation is 1. The van der Waals surface area contributed by atoms with Crippen molar-refractivity contribution >= 4 is 17.1 Å². The minimum Gasteiger partial charge on any atom is -0.468 e. The monoisotopic (exact) mass is 304 g/mol. The topological polar surface area (TPSA) is 75.8 Å². The third kappa shape index (κ3) is 3.13. The van der Waals surface area contributed by atoms with E-state index in [0.717, 1.165) is 17.5 Å². The Morgan fingerprint density at radius 2 is 2.32 bits per heavy atom. The number of likely N-dealkylation sites (tertiary alicyclic amines) is 1. The lowest BCUT2D eigenvalue weighted by Gasteiger charge is -2.21.